The van der Waals surface area contributed by atoms with Crippen molar-refractivity contribution < 1.29 is 18.7 Å². The first kappa shape index (κ1) is 14.8. The number of oxazole rings is 1. The summed E-state index contributed by atoms with van der Waals surface area (Å²) in [5, 5.41) is 2.41. The molecular weight excluding hydrogens is 272 g/mol. The first-order valence-electron chi connectivity index (χ1n) is 6.48. The van der Waals surface area contributed by atoms with Crippen molar-refractivity contribution >= 4 is 11.9 Å². The largest absolute Gasteiger partial charge is 0.448 e. The Labute approximate surface area is 122 Å². The van der Waals surface area contributed by atoms with Gasteiger partial charge in [-0.1, -0.05) is 18.2 Å². The molecule has 0 aliphatic heterocycles. The topological polar surface area (TPSA) is 81.4 Å². The van der Waals surface area contributed by atoms with Crippen molar-refractivity contribution in [2.45, 2.75) is 20.0 Å². The van der Waals surface area contributed by atoms with Crippen LogP contribution in [0.5, 0.6) is 0 Å². The lowest BCUT2D eigenvalue weighted by atomic mass is 10.2. The van der Waals surface area contributed by atoms with Crippen LogP contribution in [-0.2, 0) is 9.53 Å². The Hall–Kier alpha value is -2.63. The van der Waals surface area contributed by atoms with Crippen molar-refractivity contribution in [3.05, 3.63) is 41.8 Å². The molecule has 1 heterocycles. The van der Waals surface area contributed by atoms with Crippen LogP contribution in [0.4, 0.5) is 0 Å². The second kappa shape index (κ2) is 6.21. The number of aromatic nitrogens is 1. The fraction of sp³-hybridized carbons (Fsp3) is 0.267. The van der Waals surface area contributed by atoms with Crippen molar-refractivity contribution in [3.63, 3.8) is 0 Å². The predicted octanol–water partition coefficient (Wildman–Crippen LogP) is 1.94. The fourth-order valence-electron chi connectivity index (χ4n) is 1.76. The third-order valence-corrected chi connectivity index (χ3v) is 2.91. The highest BCUT2D eigenvalue weighted by atomic mass is 16.5. The van der Waals surface area contributed by atoms with Gasteiger partial charge in [0.15, 0.2) is 11.8 Å². The minimum Gasteiger partial charge on any atom is -0.448 e. The Bertz CT molecular complexity index is 649. The minimum atomic E-state index is -0.890. The first-order chi connectivity index (χ1) is 10.0. The zero-order valence-electron chi connectivity index (χ0n) is 12.0. The van der Waals surface area contributed by atoms with E-state index in [1.54, 1.807) is 6.92 Å². The van der Waals surface area contributed by atoms with E-state index in [4.69, 9.17) is 9.15 Å². The number of esters is 1. The van der Waals surface area contributed by atoms with Gasteiger partial charge in [-0.3, -0.25) is 4.79 Å². The average molecular weight is 288 g/mol. The van der Waals surface area contributed by atoms with Gasteiger partial charge < -0.3 is 14.5 Å². The lowest BCUT2D eigenvalue weighted by Crippen LogP contribution is -2.33. The predicted molar refractivity (Wildman–Crippen MR) is 75.6 cm³/mol. The number of aryl methyl sites for hydroxylation is 1. The van der Waals surface area contributed by atoms with Crippen LogP contribution >= 0.6 is 0 Å². The highest BCUT2D eigenvalue weighted by Crippen LogP contribution is 2.22. The summed E-state index contributed by atoms with van der Waals surface area (Å²) in [6.07, 6.45) is -0.890. The molecule has 2 aromatic rings. The van der Waals surface area contributed by atoms with Crippen LogP contribution in [0, 0.1) is 6.92 Å². The molecule has 0 saturated carbocycles. The third kappa shape index (κ3) is 3.28. The van der Waals surface area contributed by atoms with Crippen LogP contribution in [0.25, 0.3) is 11.5 Å². The van der Waals surface area contributed by atoms with Crippen molar-refractivity contribution in [3.8, 4) is 11.5 Å². The van der Waals surface area contributed by atoms with Gasteiger partial charge >= 0.3 is 5.97 Å². The molecule has 21 heavy (non-hydrogen) atoms. The number of likely N-dealkylation sites (N-methyl/N-ethyl adjacent to an activating group) is 1. The lowest BCUT2D eigenvalue weighted by Gasteiger charge is -2.10. The molecule has 1 aromatic carbocycles. The van der Waals surface area contributed by atoms with E-state index in [1.807, 2.05) is 30.3 Å². The van der Waals surface area contributed by atoms with Crippen LogP contribution in [0.2, 0.25) is 0 Å². The van der Waals surface area contributed by atoms with Gasteiger partial charge in [0, 0.05) is 12.6 Å². The molecule has 1 N–H and O–H groups in total. The lowest BCUT2D eigenvalue weighted by molar-refractivity contribution is -0.128. The number of hydrogen-bond acceptors (Lipinski definition) is 5. The molecule has 1 atom stereocenters. The quantitative estimate of drug-likeness (QED) is 0.869. The molecule has 1 amide bonds. The van der Waals surface area contributed by atoms with Gasteiger partial charge in [0.1, 0.15) is 5.76 Å². The molecule has 6 heteroatoms. The van der Waals surface area contributed by atoms with Crippen LogP contribution < -0.4 is 5.32 Å². The maximum Gasteiger partial charge on any atom is 0.361 e. The zero-order chi connectivity index (χ0) is 15.4. The van der Waals surface area contributed by atoms with Gasteiger partial charge in [0.25, 0.3) is 5.91 Å². The number of nitrogens with zero attached hydrogens (tertiary/aromatic N) is 1. The van der Waals surface area contributed by atoms with Crippen LogP contribution in [-0.4, -0.2) is 30.0 Å². The third-order valence-electron chi connectivity index (χ3n) is 2.91. The van der Waals surface area contributed by atoms with Crippen LogP contribution in [0.15, 0.2) is 34.7 Å². The standard InChI is InChI=1S/C15H16N2O4/c1-9-12(15(19)21-10(2)13(18)16-3)17-14(20-9)11-7-5-4-6-8-11/h4-8,10H,1-3H3,(H,16,18). The maximum atomic E-state index is 12.0. The van der Waals surface area contributed by atoms with Gasteiger partial charge in [-0.05, 0) is 26.0 Å². The Morgan fingerprint density at radius 3 is 2.57 bits per heavy atom. The highest BCUT2D eigenvalue weighted by molar-refractivity contribution is 5.91. The van der Waals surface area contributed by atoms with Gasteiger partial charge in [-0.2, -0.15) is 0 Å². The van der Waals surface area contributed by atoms with E-state index in [0.29, 0.717) is 11.7 Å². The summed E-state index contributed by atoms with van der Waals surface area (Å²) in [6.45, 7) is 3.12. The molecule has 1 unspecified atom stereocenters. The Balaban J connectivity index is 2.19. The molecule has 0 radical (unpaired) electrons. The van der Waals surface area contributed by atoms with Crippen LogP contribution in [0.1, 0.15) is 23.2 Å². The summed E-state index contributed by atoms with van der Waals surface area (Å²) in [7, 11) is 1.47. The Morgan fingerprint density at radius 2 is 1.95 bits per heavy atom. The summed E-state index contributed by atoms with van der Waals surface area (Å²) in [5.41, 5.74) is 0.837. The van der Waals surface area contributed by atoms with Gasteiger partial charge in [0.05, 0.1) is 0 Å². The summed E-state index contributed by atoms with van der Waals surface area (Å²) in [5.74, 6) is -0.377. The van der Waals surface area contributed by atoms with E-state index in [1.165, 1.54) is 14.0 Å². The normalized spacial score (nSPS) is 11.8. The molecule has 2 rings (SSSR count). The molecule has 0 saturated heterocycles. The summed E-state index contributed by atoms with van der Waals surface area (Å²) < 4.78 is 10.5. The minimum absolute atomic E-state index is 0.0737. The van der Waals surface area contributed by atoms with E-state index in [0.717, 1.165) is 5.56 Å². The van der Waals surface area contributed by atoms with Crippen LogP contribution in [0.3, 0.4) is 0 Å². The van der Waals surface area contributed by atoms with Crippen molar-refractivity contribution in [1.82, 2.24) is 10.3 Å². The van der Waals surface area contributed by atoms with E-state index in [-0.39, 0.29) is 11.6 Å². The molecule has 110 valence electrons. The monoisotopic (exact) mass is 288 g/mol. The Morgan fingerprint density at radius 1 is 1.29 bits per heavy atom. The molecule has 6 nitrogen and oxygen atoms in total. The number of benzene rings is 1. The van der Waals surface area contributed by atoms with E-state index < -0.39 is 12.1 Å². The molecular formula is C15H16N2O4. The summed E-state index contributed by atoms with van der Waals surface area (Å²) in [4.78, 5) is 27.5. The van der Waals surface area contributed by atoms with E-state index in [9.17, 15) is 9.59 Å². The van der Waals surface area contributed by atoms with Gasteiger partial charge in [-0.15, -0.1) is 0 Å². The molecule has 0 spiro atoms. The Kier molecular flexibility index (Phi) is 4.37. The summed E-state index contributed by atoms with van der Waals surface area (Å²) >= 11 is 0. The molecule has 0 aliphatic rings. The maximum absolute atomic E-state index is 12.0. The number of carbonyl (C=O) groups excluding carboxylic acids is 2. The number of ether oxygens (including phenoxy) is 1. The fourth-order valence-corrected chi connectivity index (χ4v) is 1.76. The second-order valence-corrected chi connectivity index (χ2v) is 4.45. The van der Waals surface area contributed by atoms with E-state index >= 15 is 0 Å². The summed E-state index contributed by atoms with van der Waals surface area (Å²) in [6, 6.07) is 9.22. The molecule has 0 fully saturated rings. The van der Waals surface area contributed by atoms with Gasteiger partial charge in [-0.25, -0.2) is 9.78 Å². The number of hydrogen-bond donors (Lipinski definition) is 1. The average Bonchev–Trinajstić information content (AvgIpc) is 2.89. The van der Waals surface area contributed by atoms with Crippen molar-refractivity contribution in [2.75, 3.05) is 7.05 Å². The molecule has 1 aromatic heterocycles. The SMILES string of the molecule is CNC(=O)C(C)OC(=O)c1nc(-c2ccccc2)oc1C. The second-order valence-electron chi connectivity index (χ2n) is 4.45. The zero-order valence-corrected chi connectivity index (χ0v) is 12.0. The number of amides is 1. The highest BCUT2D eigenvalue weighted by Gasteiger charge is 2.23. The first-order valence-corrected chi connectivity index (χ1v) is 6.48. The number of nitrogens with one attached hydrogen (secondary N) is 1. The molecule has 0 bridgehead atoms. The van der Waals surface area contributed by atoms with Gasteiger partial charge in [0.2, 0.25) is 5.89 Å². The molecule has 0 aliphatic carbocycles. The van der Waals surface area contributed by atoms with E-state index in [2.05, 4.69) is 10.3 Å². The smallest absolute Gasteiger partial charge is 0.361 e. The van der Waals surface area contributed by atoms with Crippen molar-refractivity contribution in [1.29, 1.82) is 0 Å². The number of rotatable bonds is 4. The van der Waals surface area contributed by atoms with Crippen molar-refractivity contribution in [2.24, 2.45) is 0 Å². The number of carbonyl (C=O) groups is 2.